The molecule has 0 unspecified atom stereocenters. The summed E-state index contributed by atoms with van der Waals surface area (Å²) >= 11 is 4.68. The van der Waals surface area contributed by atoms with Crippen molar-refractivity contribution in [3.8, 4) is 0 Å². The van der Waals surface area contributed by atoms with E-state index < -0.39 is 0 Å². The van der Waals surface area contributed by atoms with E-state index in [1.54, 1.807) is 6.21 Å². The molecule has 0 radical (unpaired) electrons. The van der Waals surface area contributed by atoms with Crippen LogP contribution in [-0.4, -0.2) is 37.9 Å². The van der Waals surface area contributed by atoms with Gasteiger partial charge in [0, 0.05) is 30.4 Å². The van der Waals surface area contributed by atoms with E-state index in [1.165, 1.54) is 11.1 Å². The van der Waals surface area contributed by atoms with E-state index in [9.17, 15) is 0 Å². The van der Waals surface area contributed by atoms with Crippen LogP contribution in [0.25, 0.3) is 0 Å². The molecule has 0 atom stereocenters. The number of morpholine rings is 1. The van der Waals surface area contributed by atoms with E-state index in [4.69, 9.17) is 4.74 Å². The second-order valence-corrected chi connectivity index (χ2v) is 3.80. The van der Waals surface area contributed by atoms with Gasteiger partial charge < -0.3 is 9.64 Å². The van der Waals surface area contributed by atoms with Gasteiger partial charge in [-0.1, -0.05) is 12.2 Å². The van der Waals surface area contributed by atoms with Crippen molar-refractivity contribution in [3.63, 3.8) is 0 Å². The Morgan fingerprint density at radius 1 is 1.19 bits per heavy atom. The summed E-state index contributed by atoms with van der Waals surface area (Å²) in [7, 11) is 0. The summed E-state index contributed by atoms with van der Waals surface area (Å²) in [5.41, 5.74) is 2.16. The number of thiocarbonyl (C=S) groups is 1. The van der Waals surface area contributed by atoms with Gasteiger partial charge in [0.15, 0.2) is 0 Å². The van der Waals surface area contributed by atoms with Gasteiger partial charge in [-0.25, -0.2) is 0 Å². The van der Waals surface area contributed by atoms with Gasteiger partial charge in [-0.15, -0.1) is 0 Å². The molecule has 0 N–H and O–H groups in total. The molecule has 1 aliphatic heterocycles. The van der Waals surface area contributed by atoms with Crippen LogP contribution in [0.5, 0.6) is 0 Å². The first kappa shape index (κ1) is 11.2. The molecule has 1 aromatic rings. The average molecular weight is 234 g/mol. The summed E-state index contributed by atoms with van der Waals surface area (Å²) in [5, 5.41) is 1.51. The van der Waals surface area contributed by atoms with Crippen molar-refractivity contribution in [2.75, 3.05) is 31.2 Å². The Bertz CT molecular complexity index is 369. The second-order valence-electron chi connectivity index (χ2n) is 3.53. The van der Waals surface area contributed by atoms with Crippen LogP contribution >= 0.6 is 12.2 Å². The van der Waals surface area contributed by atoms with Crippen LogP contribution in [0.1, 0.15) is 0 Å². The van der Waals surface area contributed by atoms with Crippen LogP contribution < -0.4 is 4.90 Å². The lowest BCUT2D eigenvalue weighted by Gasteiger charge is -2.28. The summed E-state index contributed by atoms with van der Waals surface area (Å²) in [6.07, 6.45) is 1.62. The molecule has 2 rings (SSSR count). The fourth-order valence-corrected chi connectivity index (χ4v) is 1.75. The molecule has 0 aromatic heterocycles. The average Bonchev–Trinajstić information content (AvgIpc) is 2.38. The predicted octanol–water partition coefficient (Wildman–Crippen LogP) is 2.23. The molecule has 0 amide bonds. The zero-order valence-corrected chi connectivity index (χ0v) is 9.82. The Morgan fingerprint density at radius 3 is 2.50 bits per heavy atom. The highest BCUT2D eigenvalue weighted by molar-refractivity contribution is 7.80. The maximum absolute atomic E-state index is 5.32. The van der Waals surface area contributed by atoms with Crippen molar-refractivity contribution < 1.29 is 4.74 Å². The zero-order valence-electron chi connectivity index (χ0n) is 9.00. The normalized spacial score (nSPS) is 16.6. The highest BCUT2D eigenvalue weighted by Crippen LogP contribution is 2.20. The molecule has 3 nitrogen and oxygen atoms in total. The van der Waals surface area contributed by atoms with Crippen molar-refractivity contribution in [3.05, 3.63) is 24.3 Å². The minimum Gasteiger partial charge on any atom is -0.378 e. The SMILES string of the molecule is S=CC=Nc1ccc(N2CCOCC2)cc1. The van der Waals surface area contributed by atoms with Gasteiger partial charge in [0.1, 0.15) is 0 Å². The van der Waals surface area contributed by atoms with Crippen molar-refractivity contribution >= 4 is 35.2 Å². The third kappa shape index (κ3) is 2.87. The first-order valence-electron chi connectivity index (χ1n) is 5.31. The number of benzene rings is 1. The number of hydrogen-bond acceptors (Lipinski definition) is 4. The molecule has 1 fully saturated rings. The fraction of sp³-hybridized carbons (Fsp3) is 0.333. The molecule has 16 heavy (non-hydrogen) atoms. The maximum atomic E-state index is 5.32. The lowest BCUT2D eigenvalue weighted by atomic mass is 10.2. The zero-order chi connectivity index (χ0) is 11.2. The van der Waals surface area contributed by atoms with E-state index in [-0.39, 0.29) is 0 Å². The van der Waals surface area contributed by atoms with Gasteiger partial charge in [0.2, 0.25) is 0 Å². The van der Waals surface area contributed by atoms with Crippen LogP contribution in [0.15, 0.2) is 29.3 Å². The molecular weight excluding hydrogens is 220 g/mol. The smallest absolute Gasteiger partial charge is 0.0642 e. The summed E-state index contributed by atoms with van der Waals surface area (Å²) in [5.74, 6) is 0. The van der Waals surface area contributed by atoms with Crippen molar-refractivity contribution in [2.24, 2.45) is 4.99 Å². The topological polar surface area (TPSA) is 24.8 Å². The molecule has 1 saturated heterocycles. The van der Waals surface area contributed by atoms with Crippen LogP contribution in [0.3, 0.4) is 0 Å². The van der Waals surface area contributed by atoms with E-state index in [0.717, 1.165) is 32.0 Å². The Morgan fingerprint density at radius 2 is 1.88 bits per heavy atom. The molecule has 0 spiro atoms. The van der Waals surface area contributed by atoms with Crippen LogP contribution in [0, 0.1) is 0 Å². The summed E-state index contributed by atoms with van der Waals surface area (Å²) in [6, 6.07) is 8.17. The van der Waals surface area contributed by atoms with Gasteiger partial charge in [0.25, 0.3) is 0 Å². The summed E-state index contributed by atoms with van der Waals surface area (Å²) in [6.45, 7) is 3.54. The minimum atomic E-state index is 0.810. The molecule has 1 aromatic carbocycles. The minimum absolute atomic E-state index is 0.810. The van der Waals surface area contributed by atoms with Crippen LogP contribution in [-0.2, 0) is 4.74 Å². The van der Waals surface area contributed by atoms with Gasteiger partial charge in [0.05, 0.1) is 18.9 Å². The Kier molecular flexibility index (Phi) is 4.02. The van der Waals surface area contributed by atoms with Crippen molar-refractivity contribution in [1.29, 1.82) is 0 Å². The number of rotatable bonds is 3. The number of aliphatic imine (C=N–C) groups is 1. The molecule has 0 saturated carbocycles. The molecule has 1 heterocycles. The lowest BCUT2D eigenvalue weighted by molar-refractivity contribution is 0.122. The Hall–Kier alpha value is -1.26. The quantitative estimate of drug-likeness (QED) is 0.592. The molecule has 4 heteroatoms. The van der Waals surface area contributed by atoms with Crippen molar-refractivity contribution in [2.45, 2.75) is 0 Å². The Balaban J connectivity index is 2.05. The predicted molar refractivity (Wildman–Crippen MR) is 71.3 cm³/mol. The highest BCUT2D eigenvalue weighted by atomic mass is 32.1. The first-order chi connectivity index (χ1) is 7.90. The van der Waals surface area contributed by atoms with Gasteiger partial charge in [-0.05, 0) is 24.3 Å². The lowest BCUT2D eigenvalue weighted by Crippen LogP contribution is -2.36. The van der Waals surface area contributed by atoms with Gasteiger partial charge in [-0.2, -0.15) is 0 Å². The monoisotopic (exact) mass is 234 g/mol. The molecule has 1 aliphatic rings. The standard InChI is InChI=1S/C12H14N2OS/c16-10-5-13-11-1-3-12(4-2-11)14-6-8-15-9-7-14/h1-5,10H,6-9H2. The summed E-state index contributed by atoms with van der Waals surface area (Å²) in [4.78, 5) is 6.50. The van der Waals surface area contributed by atoms with Crippen molar-refractivity contribution in [1.82, 2.24) is 0 Å². The molecule has 0 bridgehead atoms. The largest absolute Gasteiger partial charge is 0.378 e. The van der Waals surface area contributed by atoms with E-state index in [1.807, 2.05) is 12.1 Å². The van der Waals surface area contributed by atoms with Gasteiger partial charge in [-0.3, -0.25) is 4.99 Å². The first-order valence-corrected chi connectivity index (χ1v) is 5.78. The third-order valence-electron chi connectivity index (χ3n) is 2.51. The number of hydrogen-bond donors (Lipinski definition) is 0. The second kappa shape index (κ2) is 5.72. The Labute approximate surface area is 101 Å². The third-order valence-corrected chi connectivity index (χ3v) is 2.63. The molecule has 0 aliphatic carbocycles. The maximum Gasteiger partial charge on any atom is 0.0642 e. The number of ether oxygens (including phenoxy) is 1. The highest BCUT2D eigenvalue weighted by Gasteiger charge is 2.10. The van der Waals surface area contributed by atoms with Crippen LogP contribution in [0.4, 0.5) is 11.4 Å². The van der Waals surface area contributed by atoms with Gasteiger partial charge >= 0.3 is 0 Å². The fourth-order valence-electron chi connectivity index (χ4n) is 1.69. The van der Waals surface area contributed by atoms with Crippen LogP contribution in [0.2, 0.25) is 0 Å². The van der Waals surface area contributed by atoms with E-state index >= 15 is 0 Å². The summed E-state index contributed by atoms with van der Waals surface area (Å²) < 4.78 is 5.32. The number of nitrogens with zero attached hydrogens (tertiary/aromatic N) is 2. The molecule has 84 valence electrons. The van der Waals surface area contributed by atoms with E-state index in [2.05, 4.69) is 34.2 Å². The molecular formula is C12H14N2OS. The van der Waals surface area contributed by atoms with E-state index in [0.29, 0.717) is 0 Å². The number of anilines is 1.